The molecule has 1 N–H and O–H groups in total. The molecule has 0 amide bonds. The molecule has 0 heterocycles. The molecule has 0 atom stereocenters. The smallest absolute Gasteiger partial charge is 0.872 e. The van der Waals surface area contributed by atoms with Crippen LogP contribution in [0.1, 0.15) is 89.5 Å². The van der Waals surface area contributed by atoms with Crippen molar-refractivity contribution >= 4 is 10.1 Å². The van der Waals surface area contributed by atoms with E-state index in [4.69, 9.17) is 4.74 Å². The van der Waals surface area contributed by atoms with Crippen molar-refractivity contribution in [1.82, 2.24) is 0 Å². The Bertz CT molecular complexity index is 915. The van der Waals surface area contributed by atoms with Crippen molar-refractivity contribution in [2.24, 2.45) is 0 Å². The van der Waals surface area contributed by atoms with Crippen LogP contribution in [0.5, 0.6) is 17.2 Å². The summed E-state index contributed by atoms with van der Waals surface area (Å²) in [4.78, 5) is -0.209. The second-order valence-electron chi connectivity index (χ2n) is 8.44. The van der Waals surface area contributed by atoms with Gasteiger partial charge in [-0.15, -0.1) is 5.75 Å². The minimum atomic E-state index is -4.46. The first-order valence-electron chi connectivity index (χ1n) is 12.0. The SMILES string of the molecule is CCCCCCCCCCCCCCc1cccc(Oc2cccc([O-])c2)c1S(=O)(=O)O.[K+]. The molecule has 2 aromatic carbocycles. The first-order chi connectivity index (χ1) is 15.4. The van der Waals surface area contributed by atoms with Gasteiger partial charge in [-0.2, -0.15) is 8.42 Å². The fraction of sp³-hybridized carbons (Fsp3) is 0.538. The molecule has 0 saturated carbocycles. The van der Waals surface area contributed by atoms with Crippen molar-refractivity contribution in [3.8, 4) is 17.2 Å². The van der Waals surface area contributed by atoms with Crippen LogP contribution in [0.15, 0.2) is 47.4 Å². The van der Waals surface area contributed by atoms with Gasteiger partial charge in [0.25, 0.3) is 10.1 Å². The van der Waals surface area contributed by atoms with E-state index in [-0.39, 0.29) is 73.5 Å². The molecule has 0 bridgehead atoms. The van der Waals surface area contributed by atoms with Crippen LogP contribution in [0.25, 0.3) is 0 Å². The molecule has 2 rings (SSSR count). The van der Waals surface area contributed by atoms with E-state index >= 15 is 0 Å². The number of benzene rings is 2. The fourth-order valence-corrected chi connectivity index (χ4v) is 4.82. The van der Waals surface area contributed by atoms with Gasteiger partial charge < -0.3 is 9.84 Å². The molecule has 0 saturated heterocycles. The van der Waals surface area contributed by atoms with Crippen LogP contribution in [0.4, 0.5) is 0 Å². The normalized spacial score (nSPS) is 11.2. The Morgan fingerprint density at radius 1 is 0.818 bits per heavy atom. The third-order valence-corrected chi connectivity index (χ3v) is 6.63. The summed E-state index contributed by atoms with van der Waals surface area (Å²) in [6.45, 7) is 2.24. The largest absolute Gasteiger partial charge is 1.00 e. The zero-order valence-electron chi connectivity index (χ0n) is 20.2. The maximum absolute atomic E-state index is 12.1. The zero-order chi connectivity index (χ0) is 23.2. The van der Waals surface area contributed by atoms with Crippen molar-refractivity contribution in [3.05, 3.63) is 48.0 Å². The molecule has 0 spiro atoms. The summed E-state index contributed by atoms with van der Waals surface area (Å²) >= 11 is 0. The maximum atomic E-state index is 12.1. The Kier molecular flexibility index (Phi) is 15.9. The number of hydrogen-bond donors (Lipinski definition) is 1. The summed E-state index contributed by atoms with van der Waals surface area (Å²) in [5, 5.41) is 11.5. The van der Waals surface area contributed by atoms with E-state index < -0.39 is 10.1 Å². The van der Waals surface area contributed by atoms with Crippen molar-refractivity contribution in [1.29, 1.82) is 0 Å². The molecule has 7 heteroatoms. The van der Waals surface area contributed by atoms with Crippen LogP contribution in [-0.4, -0.2) is 13.0 Å². The van der Waals surface area contributed by atoms with Crippen LogP contribution < -0.4 is 61.2 Å². The molecule has 178 valence electrons. The number of aryl methyl sites for hydroxylation is 1. The number of ether oxygens (including phenoxy) is 1. The topological polar surface area (TPSA) is 86.7 Å². The van der Waals surface area contributed by atoms with E-state index in [1.807, 2.05) is 0 Å². The minimum absolute atomic E-state index is 0. The minimum Gasteiger partial charge on any atom is -0.872 e. The zero-order valence-corrected chi connectivity index (χ0v) is 24.2. The van der Waals surface area contributed by atoms with E-state index in [2.05, 4.69) is 6.92 Å². The van der Waals surface area contributed by atoms with Crippen molar-refractivity contribution in [2.45, 2.75) is 95.3 Å². The molecule has 0 fully saturated rings. The van der Waals surface area contributed by atoms with E-state index in [9.17, 15) is 18.1 Å². The van der Waals surface area contributed by atoms with Gasteiger partial charge in [0.2, 0.25) is 0 Å². The Morgan fingerprint density at radius 2 is 1.36 bits per heavy atom. The summed E-state index contributed by atoms with van der Waals surface area (Å²) in [6.07, 6.45) is 15.3. The summed E-state index contributed by atoms with van der Waals surface area (Å²) in [7, 11) is -4.46. The predicted octanol–water partition coefficient (Wildman–Crippen LogP) is 4.05. The summed E-state index contributed by atoms with van der Waals surface area (Å²) in [6, 6.07) is 10.7. The van der Waals surface area contributed by atoms with E-state index in [1.165, 1.54) is 76.0 Å². The average molecular weight is 501 g/mol. The predicted molar refractivity (Wildman–Crippen MR) is 127 cm³/mol. The first kappa shape index (κ1) is 30.6. The molecule has 2 aromatic rings. The van der Waals surface area contributed by atoms with Gasteiger partial charge in [0.1, 0.15) is 16.4 Å². The molecule has 0 aliphatic heterocycles. The van der Waals surface area contributed by atoms with Crippen LogP contribution in [0.2, 0.25) is 0 Å². The molecule has 0 aromatic heterocycles. The summed E-state index contributed by atoms with van der Waals surface area (Å²) in [5.41, 5.74) is 0.537. The fourth-order valence-electron chi connectivity index (χ4n) is 3.95. The van der Waals surface area contributed by atoms with Gasteiger partial charge in [-0.1, -0.05) is 102 Å². The molecule has 0 aliphatic rings. The van der Waals surface area contributed by atoms with Gasteiger partial charge >= 0.3 is 51.4 Å². The van der Waals surface area contributed by atoms with Gasteiger partial charge in [-0.3, -0.25) is 4.55 Å². The molecule has 0 aliphatic carbocycles. The first-order valence-corrected chi connectivity index (χ1v) is 13.4. The Balaban J connectivity index is 0.00000544. The summed E-state index contributed by atoms with van der Waals surface area (Å²) in [5.74, 6) is 0.0444. The van der Waals surface area contributed by atoms with Crippen molar-refractivity contribution in [2.75, 3.05) is 0 Å². The maximum Gasteiger partial charge on any atom is 1.00 e. The Hall–Kier alpha value is -0.414. The summed E-state index contributed by atoms with van der Waals surface area (Å²) < 4.78 is 39.6. The van der Waals surface area contributed by atoms with Crippen molar-refractivity contribution in [3.63, 3.8) is 0 Å². The number of hydrogen-bond acceptors (Lipinski definition) is 4. The van der Waals surface area contributed by atoms with E-state index in [1.54, 1.807) is 24.3 Å². The van der Waals surface area contributed by atoms with Gasteiger partial charge in [0.15, 0.2) is 0 Å². The van der Waals surface area contributed by atoms with Gasteiger partial charge in [0, 0.05) is 0 Å². The third-order valence-electron chi connectivity index (χ3n) is 5.65. The van der Waals surface area contributed by atoms with Crippen LogP contribution in [-0.2, 0) is 16.5 Å². The number of rotatable bonds is 16. The Labute approximate surface area is 242 Å². The second-order valence-corrected chi connectivity index (χ2v) is 9.79. The molecule has 5 nitrogen and oxygen atoms in total. The standard InChI is InChI=1S/C26H38O5S.K/c1-2-3-4-5-6-7-8-9-10-11-12-13-16-22-17-14-20-25(26(22)32(28,29)30)31-24-19-15-18-23(27)21-24;/h14-15,17-21,27H,2-13,16H2,1H3,(H,28,29,30);/q;+1/p-1. The number of unbranched alkanes of at least 4 members (excludes halogenated alkanes) is 11. The van der Waals surface area contributed by atoms with Crippen LogP contribution >= 0.6 is 0 Å². The molecular weight excluding hydrogens is 463 g/mol. The molecule has 33 heavy (non-hydrogen) atoms. The van der Waals surface area contributed by atoms with E-state index in [0.717, 1.165) is 19.3 Å². The van der Waals surface area contributed by atoms with Crippen LogP contribution in [0.3, 0.4) is 0 Å². The van der Waals surface area contributed by atoms with E-state index in [0.29, 0.717) is 12.0 Å². The van der Waals surface area contributed by atoms with Crippen molar-refractivity contribution < 1.29 is 74.2 Å². The molecular formula is C26H37KO5S. The van der Waals surface area contributed by atoms with Crippen LogP contribution in [0, 0.1) is 0 Å². The van der Waals surface area contributed by atoms with Gasteiger partial charge in [-0.05, 0) is 36.6 Å². The molecule has 0 unspecified atom stereocenters. The quantitative estimate of drug-likeness (QED) is 0.213. The second kappa shape index (κ2) is 17.1. The Morgan fingerprint density at radius 3 is 1.91 bits per heavy atom. The van der Waals surface area contributed by atoms with Gasteiger partial charge in [-0.25, -0.2) is 0 Å². The van der Waals surface area contributed by atoms with Gasteiger partial charge in [0.05, 0.1) is 0 Å². The average Bonchev–Trinajstić information content (AvgIpc) is 2.74. The molecule has 0 radical (unpaired) electrons. The monoisotopic (exact) mass is 500 g/mol. The third kappa shape index (κ3) is 12.2.